The average Bonchev–Trinajstić information content (AvgIpc) is 3.69. The fraction of sp³-hybridized carbons (Fsp3) is 0.129. The van der Waals surface area contributed by atoms with E-state index in [4.69, 9.17) is 0 Å². The van der Waals surface area contributed by atoms with Crippen LogP contribution in [0.3, 0.4) is 0 Å². The molecule has 1 N–H and O–H groups in total. The van der Waals surface area contributed by atoms with Crippen molar-refractivity contribution in [2.24, 2.45) is 5.92 Å². The molecule has 0 radical (unpaired) electrons. The minimum Gasteiger partial charge on any atom is -0.358 e. The van der Waals surface area contributed by atoms with E-state index in [9.17, 15) is 24.5 Å². The molecule has 3 aliphatic heterocycles. The van der Waals surface area contributed by atoms with Crippen LogP contribution in [-0.2, 0) is 10.2 Å². The fourth-order valence-electron chi connectivity index (χ4n) is 6.66. The highest BCUT2D eigenvalue weighted by atomic mass is 32.1. The van der Waals surface area contributed by atoms with Gasteiger partial charge in [-0.2, -0.15) is 0 Å². The number of ketones is 2. The maximum Gasteiger partial charge on any atom is 0.269 e. The highest BCUT2D eigenvalue weighted by Crippen LogP contribution is 2.62. The van der Waals surface area contributed by atoms with Crippen molar-refractivity contribution in [2.75, 3.05) is 5.32 Å². The van der Waals surface area contributed by atoms with Crippen LogP contribution >= 0.6 is 11.3 Å². The van der Waals surface area contributed by atoms with E-state index in [2.05, 4.69) is 5.32 Å². The smallest absolute Gasteiger partial charge is 0.269 e. The zero-order valence-corrected chi connectivity index (χ0v) is 21.7. The number of fused-ring (bicyclic) bond motifs is 6. The molecule has 1 fully saturated rings. The van der Waals surface area contributed by atoms with E-state index >= 15 is 0 Å². The highest BCUT2D eigenvalue weighted by Gasteiger charge is 2.70. The maximum absolute atomic E-state index is 14.6. The van der Waals surface area contributed by atoms with Crippen molar-refractivity contribution in [3.8, 4) is 0 Å². The number of nitrogens with one attached hydrogen (secondary N) is 1. The second-order valence-corrected chi connectivity index (χ2v) is 11.0. The number of carbonyl (C=O) groups excluding carboxylic acids is 3. The number of anilines is 1. The van der Waals surface area contributed by atoms with Gasteiger partial charge in [0.05, 0.1) is 21.8 Å². The van der Waals surface area contributed by atoms with Gasteiger partial charge in [-0.05, 0) is 52.4 Å². The third-order valence-corrected chi connectivity index (χ3v) is 9.13. The predicted molar refractivity (Wildman–Crippen MR) is 150 cm³/mol. The number of nitro benzene ring substituents is 1. The molecule has 1 amide bonds. The Bertz CT molecular complexity index is 1750. The first-order valence-electron chi connectivity index (χ1n) is 12.7. The summed E-state index contributed by atoms with van der Waals surface area (Å²) in [4.78, 5) is 56.4. The van der Waals surface area contributed by atoms with E-state index in [1.807, 2.05) is 65.0 Å². The van der Waals surface area contributed by atoms with Crippen molar-refractivity contribution in [1.29, 1.82) is 0 Å². The highest BCUT2D eigenvalue weighted by molar-refractivity contribution is 7.12. The summed E-state index contributed by atoms with van der Waals surface area (Å²) < 4.78 is 0. The summed E-state index contributed by atoms with van der Waals surface area (Å²) in [5.41, 5.74) is 1.63. The second-order valence-electron chi connectivity index (χ2n) is 10.1. The van der Waals surface area contributed by atoms with Gasteiger partial charge in [-0.1, -0.05) is 48.5 Å². The summed E-state index contributed by atoms with van der Waals surface area (Å²) in [6.45, 7) is 0. The van der Waals surface area contributed by atoms with Gasteiger partial charge >= 0.3 is 0 Å². The first kappa shape index (κ1) is 24.2. The molecule has 7 rings (SSSR count). The zero-order valence-electron chi connectivity index (χ0n) is 20.9. The van der Waals surface area contributed by atoms with Crippen molar-refractivity contribution in [3.63, 3.8) is 0 Å². The largest absolute Gasteiger partial charge is 0.358 e. The Morgan fingerprint density at radius 1 is 0.925 bits per heavy atom. The Labute approximate surface area is 232 Å². The molecule has 1 aromatic heterocycles. The number of thiophene rings is 1. The molecule has 8 nitrogen and oxygen atoms in total. The SMILES string of the molecule is O=C(c1cccs1)[C@@H]1[C@H](C(=O)c2ccc([N+](=O)[O-])cc2)[C@@]2(C(=O)Nc3ccccc32)[C@H]2c3ccccc3C=CN12. The Morgan fingerprint density at radius 3 is 2.42 bits per heavy atom. The number of nitro groups is 1. The monoisotopic (exact) mass is 547 g/mol. The van der Waals surface area contributed by atoms with Crippen LogP contribution in [-0.4, -0.2) is 33.3 Å². The first-order chi connectivity index (χ1) is 19.4. The van der Waals surface area contributed by atoms with E-state index in [-0.39, 0.29) is 22.9 Å². The molecular formula is C31H21N3O5S. The van der Waals surface area contributed by atoms with Gasteiger partial charge in [0, 0.05) is 29.6 Å². The van der Waals surface area contributed by atoms with Crippen molar-refractivity contribution in [2.45, 2.75) is 17.5 Å². The number of para-hydroxylation sites is 1. The third-order valence-electron chi connectivity index (χ3n) is 8.25. The van der Waals surface area contributed by atoms with Gasteiger partial charge in [-0.25, -0.2) is 0 Å². The summed E-state index contributed by atoms with van der Waals surface area (Å²) in [5.74, 6) is -2.14. The second kappa shape index (κ2) is 8.82. The lowest BCUT2D eigenvalue weighted by atomic mass is 9.63. The maximum atomic E-state index is 14.6. The molecule has 0 saturated carbocycles. The number of nitrogens with zero attached hydrogens (tertiary/aromatic N) is 2. The van der Waals surface area contributed by atoms with E-state index in [0.717, 1.165) is 11.1 Å². The van der Waals surface area contributed by atoms with Gasteiger partial charge in [0.15, 0.2) is 11.6 Å². The van der Waals surface area contributed by atoms with Gasteiger partial charge < -0.3 is 10.2 Å². The molecule has 0 unspecified atom stereocenters. The van der Waals surface area contributed by atoms with E-state index in [0.29, 0.717) is 16.1 Å². The standard InChI is InChI=1S/C31H21N3O5S/c35-27(19-11-13-20(14-12-19)34(38)39)25-26(28(36)24-10-5-17-40-24)33-16-15-18-6-1-2-7-21(18)29(33)31(25)22-8-3-4-9-23(22)32-30(31)37/h1-17,25-26,29H,(H,32,37)/t25-,26+,29-,31-/m1/s1. The van der Waals surface area contributed by atoms with Crippen LogP contribution in [0.1, 0.15) is 42.8 Å². The molecule has 3 aliphatic rings. The first-order valence-corrected chi connectivity index (χ1v) is 13.6. The van der Waals surface area contributed by atoms with Crippen LogP contribution in [0.2, 0.25) is 0 Å². The Hall–Kier alpha value is -4.89. The van der Waals surface area contributed by atoms with Crippen LogP contribution in [0.25, 0.3) is 6.08 Å². The van der Waals surface area contributed by atoms with Crippen LogP contribution in [0.5, 0.6) is 0 Å². The fourth-order valence-corrected chi connectivity index (χ4v) is 7.36. The zero-order chi connectivity index (χ0) is 27.6. The molecule has 4 atom stereocenters. The van der Waals surface area contributed by atoms with Gasteiger partial charge in [0.2, 0.25) is 5.91 Å². The number of Topliss-reactive ketones (excluding diaryl/α,β-unsaturated/α-hetero) is 2. The third kappa shape index (κ3) is 3.21. The minimum absolute atomic E-state index is 0.151. The van der Waals surface area contributed by atoms with Crippen LogP contribution in [0.4, 0.5) is 11.4 Å². The summed E-state index contributed by atoms with van der Waals surface area (Å²) >= 11 is 1.29. The molecule has 40 heavy (non-hydrogen) atoms. The molecule has 3 aromatic carbocycles. The lowest BCUT2D eigenvalue weighted by Gasteiger charge is -2.38. The Balaban J connectivity index is 1.52. The molecular weight excluding hydrogens is 526 g/mol. The molecule has 4 heterocycles. The topological polar surface area (TPSA) is 110 Å². The lowest BCUT2D eigenvalue weighted by Crippen LogP contribution is -2.49. The van der Waals surface area contributed by atoms with E-state index in [1.165, 1.54) is 35.6 Å². The van der Waals surface area contributed by atoms with Gasteiger partial charge in [0.1, 0.15) is 11.5 Å². The van der Waals surface area contributed by atoms with E-state index < -0.39 is 34.1 Å². The summed E-state index contributed by atoms with van der Waals surface area (Å²) in [5, 5.41) is 16.1. The Morgan fingerprint density at radius 2 is 1.68 bits per heavy atom. The molecule has 0 bridgehead atoms. The lowest BCUT2D eigenvalue weighted by molar-refractivity contribution is -0.384. The molecule has 196 valence electrons. The number of rotatable bonds is 5. The molecule has 9 heteroatoms. The summed E-state index contributed by atoms with van der Waals surface area (Å²) in [7, 11) is 0. The van der Waals surface area contributed by atoms with E-state index in [1.54, 1.807) is 18.2 Å². The number of hydrogen-bond donors (Lipinski definition) is 1. The number of carbonyl (C=O) groups is 3. The molecule has 4 aromatic rings. The predicted octanol–water partition coefficient (Wildman–Crippen LogP) is 5.64. The minimum atomic E-state index is -1.44. The van der Waals surface area contributed by atoms with Gasteiger partial charge in [-0.3, -0.25) is 24.5 Å². The Kier molecular flexibility index (Phi) is 5.33. The number of amides is 1. The van der Waals surface area contributed by atoms with Crippen LogP contribution in [0, 0.1) is 16.0 Å². The van der Waals surface area contributed by atoms with Crippen molar-refractivity contribution >= 4 is 46.3 Å². The quantitative estimate of drug-likeness (QED) is 0.197. The number of hydrogen-bond acceptors (Lipinski definition) is 7. The normalized spacial score (nSPS) is 23.9. The van der Waals surface area contributed by atoms with Crippen molar-refractivity contribution in [1.82, 2.24) is 4.90 Å². The van der Waals surface area contributed by atoms with Crippen LogP contribution in [0.15, 0.2) is 96.5 Å². The summed E-state index contributed by atoms with van der Waals surface area (Å²) in [6, 6.07) is 22.2. The van der Waals surface area contributed by atoms with Crippen molar-refractivity contribution in [3.05, 3.63) is 134 Å². The molecule has 1 spiro atoms. The average molecular weight is 548 g/mol. The molecule has 0 aliphatic carbocycles. The number of non-ortho nitro benzene ring substituents is 1. The molecule has 1 saturated heterocycles. The number of benzene rings is 3. The van der Waals surface area contributed by atoms with Crippen molar-refractivity contribution < 1.29 is 19.3 Å². The van der Waals surface area contributed by atoms with Gasteiger partial charge in [0.25, 0.3) is 5.69 Å². The summed E-state index contributed by atoms with van der Waals surface area (Å²) in [6.07, 6.45) is 3.73. The van der Waals surface area contributed by atoms with Crippen LogP contribution < -0.4 is 5.32 Å². The van der Waals surface area contributed by atoms with Gasteiger partial charge in [-0.15, -0.1) is 11.3 Å².